The number of nitrogens with two attached hydrogens (primary N) is 2. The SMILES string of the molecule is COc1cc(/C=C/C(=O)NCCCCN=C(N)N)ccc1O.Cl. The van der Waals surface area contributed by atoms with Gasteiger partial charge in [-0.3, -0.25) is 9.79 Å². The molecule has 0 atom stereocenters. The molecule has 23 heavy (non-hydrogen) atoms. The Kier molecular flexibility index (Phi) is 10.0. The third-order valence-electron chi connectivity index (χ3n) is 2.81. The first-order chi connectivity index (χ1) is 10.5. The largest absolute Gasteiger partial charge is 0.504 e. The van der Waals surface area contributed by atoms with Crippen LogP contribution < -0.4 is 21.5 Å². The number of carbonyl (C=O) groups excluding carboxylic acids is 1. The third-order valence-corrected chi connectivity index (χ3v) is 2.81. The number of hydrogen-bond acceptors (Lipinski definition) is 4. The van der Waals surface area contributed by atoms with E-state index in [1.807, 2.05) is 0 Å². The molecule has 0 heterocycles. The van der Waals surface area contributed by atoms with Crippen LogP contribution in [0.1, 0.15) is 18.4 Å². The molecule has 0 aliphatic heterocycles. The molecular formula is C15H23ClN4O3. The fourth-order valence-electron chi connectivity index (χ4n) is 1.69. The third kappa shape index (κ3) is 8.57. The number of amides is 1. The van der Waals surface area contributed by atoms with Crippen molar-refractivity contribution in [2.75, 3.05) is 20.2 Å². The standard InChI is InChI=1S/C15H22N4O3.ClH/c1-22-13-10-11(4-6-12(13)20)5-7-14(21)18-8-2-3-9-19-15(16)17;/h4-7,10,20H,2-3,8-9H2,1H3,(H,18,21)(H4,16,17,19);1H/b7-5+;. The summed E-state index contributed by atoms with van der Waals surface area (Å²) >= 11 is 0. The highest BCUT2D eigenvalue weighted by Crippen LogP contribution is 2.26. The van der Waals surface area contributed by atoms with Crippen LogP contribution in [0.15, 0.2) is 29.3 Å². The minimum Gasteiger partial charge on any atom is -0.504 e. The summed E-state index contributed by atoms with van der Waals surface area (Å²) in [6, 6.07) is 4.85. The van der Waals surface area contributed by atoms with Gasteiger partial charge >= 0.3 is 0 Å². The molecule has 0 aliphatic rings. The molecule has 1 aromatic carbocycles. The van der Waals surface area contributed by atoms with Gasteiger partial charge in [0, 0.05) is 19.2 Å². The van der Waals surface area contributed by atoms with E-state index in [9.17, 15) is 9.90 Å². The average molecular weight is 343 g/mol. The van der Waals surface area contributed by atoms with Gasteiger partial charge in [-0.1, -0.05) is 6.07 Å². The second-order valence-corrected chi connectivity index (χ2v) is 4.57. The van der Waals surface area contributed by atoms with Crippen LogP contribution in [-0.4, -0.2) is 37.2 Å². The molecule has 0 aliphatic carbocycles. The molecule has 0 radical (unpaired) electrons. The van der Waals surface area contributed by atoms with E-state index in [1.165, 1.54) is 19.3 Å². The van der Waals surface area contributed by atoms with Crippen LogP contribution in [0.3, 0.4) is 0 Å². The van der Waals surface area contributed by atoms with Gasteiger partial charge in [-0.2, -0.15) is 0 Å². The number of guanidine groups is 1. The zero-order chi connectivity index (χ0) is 16.4. The molecule has 0 spiro atoms. The summed E-state index contributed by atoms with van der Waals surface area (Å²) in [5, 5.41) is 12.2. The van der Waals surface area contributed by atoms with Gasteiger partial charge in [0.1, 0.15) is 0 Å². The second-order valence-electron chi connectivity index (χ2n) is 4.57. The number of ether oxygens (including phenoxy) is 1. The van der Waals surface area contributed by atoms with Gasteiger partial charge in [-0.25, -0.2) is 0 Å². The van der Waals surface area contributed by atoms with Gasteiger partial charge in [0.15, 0.2) is 17.5 Å². The highest BCUT2D eigenvalue weighted by Gasteiger charge is 2.01. The summed E-state index contributed by atoms with van der Waals surface area (Å²) < 4.78 is 5.00. The number of nitrogens with one attached hydrogen (secondary N) is 1. The molecule has 8 heteroatoms. The fourth-order valence-corrected chi connectivity index (χ4v) is 1.69. The monoisotopic (exact) mass is 342 g/mol. The molecule has 6 N–H and O–H groups in total. The van der Waals surface area contributed by atoms with Crippen LogP contribution in [0, 0.1) is 0 Å². The highest BCUT2D eigenvalue weighted by atomic mass is 35.5. The normalized spacial score (nSPS) is 9.96. The molecule has 7 nitrogen and oxygen atoms in total. The van der Waals surface area contributed by atoms with Crippen molar-refractivity contribution in [3.63, 3.8) is 0 Å². The lowest BCUT2D eigenvalue weighted by Gasteiger charge is -2.04. The quantitative estimate of drug-likeness (QED) is 0.243. The molecule has 1 aromatic rings. The Hall–Kier alpha value is -2.41. The van der Waals surface area contributed by atoms with E-state index in [0.717, 1.165) is 18.4 Å². The van der Waals surface area contributed by atoms with Crippen molar-refractivity contribution < 1.29 is 14.6 Å². The van der Waals surface area contributed by atoms with Crippen LogP contribution in [-0.2, 0) is 4.79 Å². The molecule has 0 bridgehead atoms. The van der Waals surface area contributed by atoms with Gasteiger partial charge in [-0.15, -0.1) is 12.4 Å². The number of unbranched alkanes of at least 4 members (excludes halogenated alkanes) is 1. The van der Waals surface area contributed by atoms with Gasteiger partial charge in [-0.05, 0) is 36.6 Å². The Bertz CT molecular complexity index is 558. The van der Waals surface area contributed by atoms with Crippen LogP contribution >= 0.6 is 12.4 Å². The maximum absolute atomic E-state index is 11.6. The number of halogens is 1. The van der Waals surface area contributed by atoms with Crippen molar-refractivity contribution in [2.45, 2.75) is 12.8 Å². The van der Waals surface area contributed by atoms with E-state index < -0.39 is 0 Å². The lowest BCUT2D eigenvalue weighted by atomic mass is 10.2. The molecule has 0 fully saturated rings. The zero-order valence-electron chi connectivity index (χ0n) is 13.0. The number of phenolic OH excluding ortho intramolecular Hbond substituents is 1. The number of hydrogen-bond donors (Lipinski definition) is 4. The number of methoxy groups -OCH3 is 1. The van der Waals surface area contributed by atoms with E-state index in [0.29, 0.717) is 18.8 Å². The Morgan fingerprint density at radius 1 is 1.39 bits per heavy atom. The van der Waals surface area contributed by atoms with Crippen LogP contribution in [0.2, 0.25) is 0 Å². The molecular weight excluding hydrogens is 320 g/mol. The van der Waals surface area contributed by atoms with E-state index in [-0.39, 0.29) is 30.0 Å². The summed E-state index contributed by atoms with van der Waals surface area (Å²) in [6.45, 7) is 1.11. The van der Waals surface area contributed by atoms with E-state index in [1.54, 1.807) is 18.2 Å². The molecule has 1 rings (SSSR count). The van der Waals surface area contributed by atoms with Gasteiger partial charge in [0.05, 0.1) is 7.11 Å². The van der Waals surface area contributed by atoms with Crippen molar-refractivity contribution in [1.82, 2.24) is 5.32 Å². The summed E-state index contributed by atoms with van der Waals surface area (Å²) in [6.07, 6.45) is 4.68. The Morgan fingerprint density at radius 2 is 2.13 bits per heavy atom. The summed E-state index contributed by atoms with van der Waals surface area (Å²) in [4.78, 5) is 15.5. The van der Waals surface area contributed by atoms with Crippen LogP contribution in [0.5, 0.6) is 11.5 Å². The van der Waals surface area contributed by atoms with Gasteiger partial charge in [0.2, 0.25) is 5.91 Å². The molecule has 128 valence electrons. The first kappa shape index (κ1) is 20.6. The topological polar surface area (TPSA) is 123 Å². The highest BCUT2D eigenvalue weighted by molar-refractivity contribution is 5.91. The number of aliphatic imine (C=N–C) groups is 1. The van der Waals surface area contributed by atoms with Crippen LogP contribution in [0.4, 0.5) is 0 Å². The summed E-state index contributed by atoms with van der Waals surface area (Å²) in [5.41, 5.74) is 11.2. The average Bonchev–Trinajstić information content (AvgIpc) is 2.49. The first-order valence-electron chi connectivity index (χ1n) is 6.91. The number of benzene rings is 1. The van der Waals surface area contributed by atoms with Crippen molar-refractivity contribution >= 4 is 30.3 Å². The minimum atomic E-state index is -0.186. The predicted molar refractivity (Wildman–Crippen MR) is 93.9 cm³/mol. The minimum absolute atomic E-state index is 0. The lowest BCUT2D eigenvalue weighted by Crippen LogP contribution is -2.24. The van der Waals surface area contributed by atoms with Crippen molar-refractivity contribution in [1.29, 1.82) is 0 Å². The first-order valence-corrected chi connectivity index (χ1v) is 6.91. The van der Waals surface area contributed by atoms with E-state index >= 15 is 0 Å². The number of nitrogens with zero attached hydrogens (tertiary/aromatic N) is 1. The number of carbonyl (C=O) groups is 1. The van der Waals surface area contributed by atoms with E-state index in [2.05, 4.69) is 10.3 Å². The van der Waals surface area contributed by atoms with Gasteiger partial charge < -0.3 is 26.6 Å². The number of aromatic hydroxyl groups is 1. The molecule has 0 saturated heterocycles. The molecule has 0 saturated carbocycles. The second kappa shape index (κ2) is 11.2. The van der Waals surface area contributed by atoms with Crippen molar-refractivity contribution in [3.8, 4) is 11.5 Å². The Balaban J connectivity index is 0.00000484. The van der Waals surface area contributed by atoms with E-state index in [4.69, 9.17) is 16.2 Å². The summed E-state index contributed by atoms with van der Waals surface area (Å²) in [7, 11) is 1.47. The maximum Gasteiger partial charge on any atom is 0.243 e. The Morgan fingerprint density at radius 3 is 2.78 bits per heavy atom. The molecule has 0 unspecified atom stereocenters. The van der Waals surface area contributed by atoms with Gasteiger partial charge in [0.25, 0.3) is 0 Å². The number of rotatable bonds is 8. The smallest absolute Gasteiger partial charge is 0.243 e. The number of phenols is 1. The van der Waals surface area contributed by atoms with Crippen molar-refractivity contribution in [3.05, 3.63) is 29.8 Å². The predicted octanol–water partition coefficient (Wildman–Crippen LogP) is 1.01. The molecule has 0 aromatic heterocycles. The van der Waals surface area contributed by atoms with Crippen molar-refractivity contribution in [2.24, 2.45) is 16.5 Å². The lowest BCUT2D eigenvalue weighted by molar-refractivity contribution is -0.116. The Labute approximate surface area is 141 Å². The maximum atomic E-state index is 11.6. The fraction of sp³-hybridized carbons (Fsp3) is 0.333. The van der Waals surface area contributed by atoms with Crippen LogP contribution in [0.25, 0.3) is 6.08 Å². The zero-order valence-corrected chi connectivity index (χ0v) is 13.8. The summed E-state index contributed by atoms with van der Waals surface area (Å²) in [5.74, 6) is 0.317. The molecule has 1 amide bonds.